The van der Waals surface area contributed by atoms with Crippen molar-refractivity contribution >= 4 is 17.5 Å². The number of amides is 1. The first kappa shape index (κ1) is 13.1. The third-order valence-electron chi connectivity index (χ3n) is 3.57. The van der Waals surface area contributed by atoms with Gasteiger partial charge in [-0.05, 0) is 31.4 Å². The van der Waals surface area contributed by atoms with Gasteiger partial charge in [-0.3, -0.25) is 9.89 Å². The number of carbonyl (C=O) groups is 1. The lowest BCUT2D eigenvalue weighted by molar-refractivity contribution is 0.0723. The maximum absolute atomic E-state index is 12.5. The molecule has 1 N–H and O–H groups in total. The second kappa shape index (κ2) is 5.25. The molecule has 3 rings (SSSR count). The van der Waals surface area contributed by atoms with Gasteiger partial charge >= 0.3 is 0 Å². The first-order chi connectivity index (χ1) is 9.66. The van der Waals surface area contributed by atoms with Crippen LogP contribution in [0.25, 0.3) is 0 Å². The third kappa shape index (κ3) is 2.29. The number of H-pyrrole nitrogens is 1. The second-order valence-electron chi connectivity index (χ2n) is 4.92. The Balaban J connectivity index is 1.90. The molecule has 6 heteroatoms. The SMILES string of the molecule is Cc1nc(C(=O)N2CCCC2c2ccccc2Cl)n[nH]1. The Morgan fingerprint density at radius 1 is 1.45 bits per heavy atom. The minimum atomic E-state index is -0.142. The number of nitrogens with zero attached hydrogens (tertiary/aromatic N) is 3. The van der Waals surface area contributed by atoms with Gasteiger partial charge in [0.05, 0.1) is 6.04 Å². The molecule has 1 saturated heterocycles. The highest BCUT2D eigenvalue weighted by molar-refractivity contribution is 6.31. The van der Waals surface area contributed by atoms with Crippen LogP contribution in [0.5, 0.6) is 0 Å². The van der Waals surface area contributed by atoms with Crippen LogP contribution in [0, 0.1) is 6.92 Å². The van der Waals surface area contributed by atoms with Crippen molar-refractivity contribution in [3.63, 3.8) is 0 Å². The number of halogens is 1. The van der Waals surface area contributed by atoms with Crippen LogP contribution in [0.3, 0.4) is 0 Å². The summed E-state index contributed by atoms with van der Waals surface area (Å²) in [6.45, 7) is 2.49. The zero-order chi connectivity index (χ0) is 14.1. The molecule has 1 fully saturated rings. The van der Waals surface area contributed by atoms with Gasteiger partial charge < -0.3 is 4.90 Å². The molecule has 0 bridgehead atoms. The molecule has 1 unspecified atom stereocenters. The van der Waals surface area contributed by atoms with Crippen LogP contribution >= 0.6 is 11.6 Å². The van der Waals surface area contributed by atoms with Crippen molar-refractivity contribution in [3.8, 4) is 0 Å². The fourth-order valence-electron chi connectivity index (χ4n) is 2.65. The van der Waals surface area contributed by atoms with Crippen molar-refractivity contribution in [3.05, 3.63) is 46.5 Å². The molecule has 1 aliphatic heterocycles. The standard InChI is InChI=1S/C14H15ClN4O/c1-9-16-13(18-17-9)14(20)19-8-4-7-12(19)10-5-2-3-6-11(10)15/h2-3,5-6,12H,4,7-8H2,1H3,(H,16,17,18). The van der Waals surface area contributed by atoms with Gasteiger partial charge in [0.1, 0.15) is 5.82 Å². The van der Waals surface area contributed by atoms with Crippen LogP contribution in [-0.4, -0.2) is 32.5 Å². The molecule has 1 aromatic carbocycles. The summed E-state index contributed by atoms with van der Waals surface area (Å²) in [4.78, 5) is 18.4. The summed E-state index contributed by atoms with van der Waals surface area (Å²) in [5.41, 5.74) is 0.993. The smallest absolute Gasteiger partial charge is 0.294 e. The molecule has 1 aromatic heterocycles. The van der Waals surface area contributed by atoms with Crippen LogP contribution < -0.4 is 0 Å². The average Bonchev–Trinajstić information content (AvgIpc) is 3.07. The molecule has 1 aliphatic rings. The zero-order valence-electron chi connectivity index (χ0n) is 11.1. The predicted molar refractivity (Wildman–Crippen MR) is 75.6 cm³/mol. The minimum Gasteiger partial charge on any atom is -0.329 e. The number of hydrogen-bond donors (Lipinski definition) is 1. The molecule has 1 amide bonds. The molecule has 104 valence electrons. The van der Waals surface area contributed by atoms with Gasteiger partial charge in [0.25, 0.3) is 5.91 Å². The number of benzene rings is 1. The highest BCUT2D eigenvalue weighted by atomic mass is 35.5. The highest BCUT2D eigenvalue weighted by Gasteiger charge is 2.33. The number of aryl methyl sites for hydroxylation is 1. The zero-order valence-corrected chi connectivity index (χ0v) is 11.9. The molecular formula is C14H15ClN4O. The van der Waals surface area contributed by atoms with Gasteiger partial charge in [-0.15, -0.1) is 5.10 Å². The fourth-order valence-corrected chi connectivity index (χ4v) is 2.91. The Labute approximate surface area is 122 Å². The molecule has 0 saturated carbocycles. The van der Waals surface area contributed by atoms with E-state index in [9.17, 15) is 4.79 Å². The van der Waals surface area contributed by atoms with E-state index in [1.165, 1.54) is 0 Å². The first-order valence-electron chi connectivity index (χ1n) is 6.61. The molecule has 2 aromatic rings. The van der Waals surface area contributed by atoms with E-state index < -0.39 is 0 Å². The topological polar surface area (TPSA) is 61.9 Å². The quantitative estimate of drug-likeness (QED) is 0.925. The molecule has 0 aliphatic carbocycles. The number of hydrogen-bond acceptors (Lipinski definition) is 3. The van der Waals surface area contributed by atoms with Crippen LogP contribution in [0.4, 0.5) is 0 Å². The van der Waals surface area contributed by atoms with Crippen molar-refractivity contribution in [2.24, 2.45) is 0 Å². The van der Waals surface area contributed by atoms with Gasteiger partial charge in [-0.1, -0.05) is 29.8 Å². The molecule has 0 spiro atoms. The molecular weight excluding hydrogens is 276 g/mol. The molecule has 5 nitrogen and oxygen atoms in total. The summed E-state index contributed by atoms with van der Waals surface area (Å²) in [6.07, 6.45) is 1.88. The van der Waals surface area contributed by atoms with Crippen molar-refractivity contribution in [2.45, 2.75) is 25.8 Å². The fraction of sp³-hybridized carbons (Fsp3) is 0.357. The van der Waals surface area contributed by atoms with Gasteiger partial charge in [-0.2, -0.15) is 0 Å². The van der Waals surface area contributed by atoms with E-state index in [-0.39, 0.29) is 17.8 Å². The van der Waals surface area contributed by atoms with E-state index in [1.807, 2.05) is 29.2 Å². The van der Waals surface area contributed by atoms with Gasteiger partial charge in [0.2, 0.25) is 5.82 Å². The van der Waals surface area contributed by atoms with E-state index in [1.54, 1.807) is 6.92 Å². The first-order valence-corrected chi connectivity index (χ1v) is 6.99. The van der Waals surface area contributed by atoms with Crippen molar-refractivity contribution in [1.29, 1.82) is 0 Å². The number of likely N-dealkylation sites (tertiary alicyclic amines) is 1. The van der Waals surface area contributed by atoms with E-state index in [2.05, 4.69) is 15.2 Å². The molecule has 1 atom stereocenters. The lowest BCUT2D eigenvalue weighted by Gasteiger charge is -2.24. The Kier molecular flexibility index (Phi) is 3.44. The largest absolute Gasteiger partial charge is 0.329 e. The van der Waals surface area contributed by atoms with Crippen molar-refractivity contribution < 1.29 is 4.79 Å². The monoisotopic (exact) mass is 290 g/mol. The average molecular weight is 291 g/mol. The summed E-state index contributed by atoms with van der Waals surface area (Å²) in [5, 5.41) is 7.35. The number of carbonyl (C=O) groups excluding carboxylic acids is 1. The summed E-state index contributed by atoms with van der Waals surface area (Å²) in [5.74, 6) is 0.722. The van der Waals surface area contributed by atoms with Crippen LogP contribution in [0.15, 0.2) is 24.3 Å². The van der Waals surface area contributed by atoms with E-state index >= 15 is 0 Å². The Hall–Kier alpha value is -1.88. The maximum atomic E-state index is 12.5. The van der Waals surface area contributed by atoms with Gasteiger partial charge in [0.15, 0.2) is 0 Å². The van der Waals surface area contributed by atoms with Crippen molar-refractivity contribution in [1.82, 2.24) is 20.1 Å². The van der Waals surface area contributed by atoms with Crippen LogP contribution in [0.2, 0.25) is 5.02 Å². The van der Waals surface area contributed by atoms with Crippen molar-refractivity contribution in [2.75, 3.05) is 6.54 Å². The number of rotatable bonds is 2. The van der Waals surface area contributed by atoms with Gasteiger partial charge in [0, 0.05) is 11.6 Å². The van der Waals surface area contributed by atoms with Gasteiger partial charge in [-0.25, -0.2) is 4.98 Å². The normalized spacial score (nSPS) is 18.5. The summed E-state index contributed by atoms with van der Waals surface area (Å²) in [6, 6.07) is 7.68. The number of aromatic amines is 1. The second-order valence-corrected chi connectivity index (χ2v) is 5.33. The number of nitrogens with one attached hydrogen (secondary N) is 1. The summed E-state index contributed by atoms with van der Waals surface area (Å²) >= 11 is 6.25. The van der Waals surface area contributed by atoms with Crippen LogP contribution in [-0.2, 0) is 0 Å². The summed E-state index contributed by atoms with van der Waals surface area (Å²) in [7, 11) is 0. The highest BCUT2D eigenvalue weighted by Crippen LogP contribution is 2.36. The summed E-state index contributed by atoms with van der Waals surface area (Å²) < 4.78 is 0. The Morgan fingerprint density at radius 3 is 2.95 bits per heavy atom. The molecule has 20 heavy (non-hydrogen) atoms. The Bertz CT molecular complexity index is 640. The molecule has 0 radical (unpaired) electrons. The lowest BCUT2D eigenvalue weighted by Crippen LogP contribution is -2.31. The Morgan fingerprint density at radius 2 is 2.25 bits per heavy atom. The van der Waals surface area contributed by atoms with E-state index in [4.69, 9.17) is 11.6 Å². The van der Waals surface area contributed by atoms with E-state index in [0.717, 1.165) is 18.4 Å². The minimum absolute atomic E-state index is 0.00926. The van der Waals surface area contributed by atoms with E-state index in [0.29, 0.717) is 17.4 Å². The molecule has 2 heterocycles. The number of aromatic nitrogens is 3. The predicted octanol–water partition coefficient (Wildman–Crippen LogP) is 2.74. The maximum Gasteiger partial charge on any atom is 0.294 e. The lowest BCUT2D eigenvalue weighted by atomic mass is 10.0. The third-order valence-corrected chi connectivity index (χ3v) is 3.91. The van der Waals surface area contributed by atoms with Crippen LogP contribution in [0.1, 0.15) is 40.9 Å².